The predicted octanol–water partition coefficient (Wildman–Crippen LogP) is 2.99. The molecule has 0 aromatic rings. The van der Waals surface area contributed by atoms with Gasteiger partial charge in [0.15, 0.2) is 0 Å². The van der Waals surface area contributed by atoms with E-state index < -0.39 is 17.8 Å². The average molecular weight is 495 g/mol. The topological polar surface area (TPSA) is 108 Å². The molecular formula is C27H42O8. The molecule has 4 rings (SSSR count). The van der Waals surface area contributed by atoms with Crippen LogP contribution in [0.5, 0.6) is 0 Å². The van der Waals surface area contributed by atoms with Gasteiger partial charge in [-0.05, 0) is 80.5 Å². The summed E-state index contributed by atoms with van der Waals surface area (Å²) >= 11 is 0. The first kappa shape index (κ1) is 26.4. The lowest BCUT2D eigenvalue weighted by molar-refractivity contribution is -0.162. The number of aliphatic hydroxyl groups is 1. The highest BCUT2D eigenvalue weighted by molar-refractivity contribution is 5.77. The first-order valence-corrected chi connectivity index (χ1v) is 13.4. The second kappa shape index (κ2) is 11.2. The van der Waals surface area contributed by atoms with Crippen molar-refractivity contribution < 1.29 is 38.4 Å². The number of hydrogen-bond donors (Lipinski definition) is 1. The van der Waals surface area contributed by atoms with Crippen LogP contribution in [0.4, 0.5) is 0 Å². The zero-order valence-corrected chi connectivity index (χ0v) is 21.5. The first-order chi connectivity index (χ1) is 16.8. The molecule has 0 radical (unpaired) electrons. The van der Waals surface area contributed by atoms with Gasteiger partial charge in [-0.15, -0.1) is 0 Å². The number of hydrogen-bond acceptors (Lipinski definition) is 8. The van der Waals surface area contributed by atoms with Gasteiger partial charge in [0, 0.05) is 7.11 Å². The van der Waals surface area contributed by atoms with Crippen LogP contribution in [0.2, 0.25) is 0 Å². The van der Waals surface area contributed by atoms with Gasteiger partial charge >= 0.3 is 17.9 Å². The van der Waals surface area contributed by atoms with E-state index in [1.807, 2.05) is 6.92 Å². The Labute approximate surface area is 208 Å². The smallest absolute Gasteiger partial charge is 0.309 e. The van der Waals surface area contributed by atoms with E-state index in [2.05, 4.69) is 0 Å². The molecule has 0 spiro atoms. The van der Waals surface area contributed by atoms with Crippen molar-refractivity contribution in [3.8, 4) is 0 Å². The summed E-state index contributed by atoms with van der Waals surface area (Å²) in [6.07, 6.45) is 4.80. The van der Waals surface area contributed by atoms with Gasteiger partial charge in [-0.2, -0.15) is 0 Å². The zero-order chi connectivity index (χ0) is 25.3. The number of methoxy groups -OCH3 is 2. The molecule has 8 nitrogen and oxygen atoms in total. The summed E-state index contributed by atoms with van der Waals surface area (Å²) in [7, 11) is 2.89. The van der Waals surface area contributed by atoms with Crippen LogP contribution in [0, 0.1) is 53.3 Å². The summed E-state index contributed by atoms with van der Waals surface area (Å²) in [6.45, 7) is 4.12. The minimum atomic E-state index is -0.583. The molecule has 4 fully saturated rings. The third-order valence-electron chi connectivity index (χ3n) is 9.49. The van der Waals surface area contributed by atoms with Crippen LogP contribution in [0.15, 0.2) is 0 Å². The molecule has 0 aliphatic heterocycles. The second-order valence-corrected chi connectivity index (χ2v) is 11.3. The molecule has 8 heteroatoms. The first-order valence-electron chi connectivity index (χ1n) is 13.4. The minimum absolute atomic E-state index is 0.102. The number of esters is 3. The van der Waals surface area contributed by atoms with Gasteiger partial charge in [-0.3, -0.25) is 14.4 Å². The Hall–Kier alpha value is -1.67. The fraction of sp³-hybridized carbons (Fsp3) is 0.889. The van der Waals surface area contributed by atoms with Crippen molar-refractivity contribution in [3.05, 3.63) is 0 Å². The number of fused-ring (bicyclic) bond motifs is 9. The highest BCUT2D eigenvalue weighted by atomic mass is 16.6. The normalized spacial score (nSPS) is 36.9. The monoisotopic (exact) mass is 494 g/mol. The van der Waals surface area contributed by atoms with E-state index in [0.29, 0.717) is 55.0 Å². The zero-order valence-electron chi connectivity index (χ0n) is 21.5. The number of ether oxygens (including phenoxy) is 4. The van der Waals surface area contributed by atoms with Gasteiger partial charge in [-0.1, -0.05) is 13.8 Å². The summed E-state index contributed by atoms with van der Waals surface area (Å²) in [5.41, 5.74) is 0. The molecule has 11 unspecified atom stereocenters. The van der Waals surface area contributed by atoms with Crippen molar-refractivity contribution >= 4 is 17.9 Å². The largest absolute Gasteiger partial charge is 0.469 e. The highest BCUT2D eigenvalue weighted by Gasteiger charge is 2.65. The van der Waals surface area contributed by atoms with Crippen molar-refractivity contribution in [1.82, 2.24) is 0 Å². The van der Waals surface area contributed by atoms with Gasteiger partial charge < -0.3 is 24.1 Å². The predicted molar refractivity (Wildman–Crippen MR) is 126 cm³/mol. The van der Waals surface area contributed by atoms with E-state index >= 15 is 0 Å². The fourth-order valence-corrected chi connectivity index (χ4v) is 8.00. The molecule has 0 heterocycles. The average Bonchev–Trinajstić information content (AvgIpc) is 3.60. The molecule has 0 aromatic carbocycles. The molecule has 0 saturated heterocycles. The van der Waals surface area contributed by atoms with Crippen LogP contribution in [0.25, 0.3) is 0 Å². The quantitative estimate of drug-likeness (QED) is 0.191. The Morgan fingerprint density at radius 2 is 1.54 bits per heavy atom. The summed E-state index contributed by atoms with van der Waals surface area (Å²) in [4.78, 5) is 38.2. The number of carbonyl (C=O) groups is 3. The van der Waals surface area contributed by atoms with Crippen LogP contribution < -0.4 is 0 Å². The van der Waals surface area contributed by atoms with Crippen LogP contribution in [0.1, 0.15) is 58.8 Å². The SMILES string of the molecule is CCC(CC(CC(C)C(=O)OCCOC)C(=O)OC1CC2CC1C1C3CC(O)C(C3)C21)C(=O)OC. The molecule has 198 valence electrons. The van der Waals surface area contributed by atoms with Crippen LogP contribution in [-0.4, -0.2) is 62.7 Å². The van der Waals surface area contributed by atoms with Crippen molar-refractivity contribution in [1.29, 1.82) is 0 Å². The summed E-state index contributed by atoms with van der Waals surface area (Å²) in [6, 6.07) is 0. The van der Waals surface area contributed by atoms with E-state index in [1.54, 1.807) is 6.92 Å². The summed E-state index contributed by atoms with van der Waals surface area (Å²) in [5.74, 6) is 0.479. The molecule has 0 amide bonds. The Morgan fingerprint density at radius 1 is 0.857 bits per heavy atom. The van der Waals surface area contributed by atoms with E-state index in [-0.39, 0.29) is 43.1 Å². The van der Waals surface area contributed by atoms with E-state index in [4.69, 9.17) is 18.9 Å². The van der Waals surface area contributed by atoms with Crippen LogP contribution in [0.3, 0.4) is 0 Å². The second-order valence-electron chi connectivity index (χ2n) is 11.3. The molecule has 4 saturated carbocycles. The van der Waals surface area contributed by atoms with E-state index in [1.165, 1.54) is 14.2 Å². The van der Waals surface area contributed by atoms with Gasteiger partial charge in [0.2, 0.25) is 0 Å². The lowest BCUT2D eigenvalue weighted by atomic mass is 9.69. The van der Waals surface area contributed by atoms with Gasteiger partial charge in [0.25, 0.3) is 0 Å². The van der Waals surface area contributed by atoms with Crippen molar-refractivity contribution in [2.45, 2.75) is 71.0 Å². The van der Waals surface area contributed by atoms with Gasteiger partial charge in [0.05, 0.1) is 37.6 Å². The molecule has 4 aliphatic rings. The Bertz CT molecular complexity index is 783. The number of carbonyl (C=O) groups excluding carboxylic acids is 3. The molecule has 4 aliphatic carbocycles. The highest BCUT2D eigenvalue weighted by Crippen LogP contribution is 2.67. The molecular weight excluding hydrogens is 452 g/mol. The number of aliphatic hydroxyl groups excluding tert-OH is 1. The number of rotatable bonds is 12. The maximum Gasteiger partial charge on any atom is 0.309 e. The molecule has 1 N–H and O–H groups in total. The lowest BCUT2D eigenvalue weighted by Crippen LogP contribution is -2.41. The van der Waals surface area contributed by atoms with Crippen molar-refractivity contribution in [2.75, 3.05) is 27.4 Å². The fourth-order valence-electron chi connectivity index (χ4n) is 8.00. The van der Waals surface area contributed by atoms with Gasteiger partial charge in [-0.25, -0.2) is 0 Å². The Morgan fingerprint density at radius 3 is 2.23 bits per heavy atom. The Kier molecular flexibility index (Phi) is 8.41. The van der Waals surface area contributed by atoms with Gasteiger partial charge in [0.1, 0.15) is 12.7 Å². The van der Waals surface area contributed by atoms with Crippen molar-refractivity contribution in [3.63, 3.8) is 0 Å². The van der Waals surface area contributed by atoms with Crippen molar-refractivity contribution in [2.24, 2.45) is 53.3 Å². The van der Waals surface area contributed by atoms with E-state index in [9.17, 15) is 19.5 Å². The maximum atomic E-state index is 13.5. The molecule has 0 aromatic heterocycles. The summed E-state index contributed by atoms with van der Waals surface area (Å²) < 4.78 is 21.3. The molecule has 11 atom stereocenters. The summed E-state index contributed by atoms with van der Waals surface area (Å²) in [5, 5.41) is 10.4. The molecule has 4 bridgehead atoms. The Balaban J connectivity index is 1.40. The van der Waals surface area contributed by atoms with E-state index in [0.717, 1.165) is 25.7 Å². The standard InChI is InChI=1S/C27H42O8/c1-5-15(26(30)33-4)9-18(8-14(2)25(29)34-7-6-32-3)27(31)35-22-13-17-11-20(22)24-16-10-19(23(17)24)21(28)12-16/h14-24,28H,5-13H2,1-4H3. The lowest BCUT2D eigenvalue weighted by Gasteiger charge is -2.40. The maximum absolute atomic E-state index is 13.5. The van der Waals surface area contributed by atoms with Crippen LogP contribution >= 0.6 is 0 Å². The minimum Gasteiger partial charge on any atom is -0.469 e. The van der Waals surface area contributed by atoms with Crippen LogP contribution in [-0.2, 0) is 33.3 Å². The third-order valence-corrected chi connectivity index (χ3v) is 9.49. The molecule has 35 heavy (non-hydrogen) atoms. The third kappa shape index (κ3) is 5.24.